The summed E-state index contributed by atoms with van der Waals surface area (Å²) < 4.78 is 18.8. The summed E-state index contributed by atoms with van der Waals surface area (Å²) in [4.78, 5) is 11.5. The van der Waals surface area contributed by atoms with Crippen LogP contribution < -0.4 is 0 Å². The maximum absolute atomic E-state index is 13.4. The Balaban J connectivity index is 2.15. The number of rotatable bonds is 4. The molecular weight excluding hydrogens is 219 g/mol. The summed E-state index contributed by atoms with van der Waals surface area (Å²) in [5.41, 5.74) is 0.277. The molecule has 0 N–H and O–H groups in total. The lowest BCUT2D eigenvalue weighted by Crippen LogP contribution is -2.07. The molecule has 17 heavy (non-hydrogen) atoms. The van der Waals surface area contributed by atoms with Gasteiger partial charge < -0.3 is 4.42 Å². The van der Waals surface area contributed by atoms with Gasteiger partial charge in [-0.25, -0.2) is 4.39 Å². The van der Waals surface area contributed by atoms with Crippen LogP contribution in [0.5, 0.6) is 0 Å². The third-order valence-electron chi connectivity index (χ3n) is 2.81. The van der Waals surface area contributed by atoms with Gasteiger partial charge in [-0.1, -0.05) is 26.0 Å². The first-order valence-corrected chi connectivity index (χ1v) is 5.77. The molecule has 0 saturated heterocycles. The number of fused-ring (bicyclic) bond motifs is 1. The summed E-state index contributed by atoms with van der Waals surface area (Å²) in [6, 6.07) is 6.62. The Bertz CT molecular complexity index is 540. The number of carbonyl (C=O) groups excluding carboxylic acids is 1. The van der Waals surface area contributed by atoms with Crippen molar-refractivity contribution >= 4 is 16.8 Å². The zero-order valence-electron chi connectivity index (χ0n) is 10.00. The van der Waals surface area contributed by atoms with E-state index in [1.807, 2.05) is 13.8 Å². The predicted octanol–water partition coefficient (Wildman–Crippen LogP) is 3.73. The second-order valence-corrected chi connectivity index (χ2v) is 4.49. The molecule has 1 aromatic heterocycles. The van der Waals surface area contributed by atoms with Gasteiger partial charge in [-0.3, -0.25) is 4.79 Å². The zero-order valence-corrected chi connectivity index (χ0v) is 10.00. The molecule has 3 heteroatoms. The number of aryl methyl sites for hydroxylation is 1. The molecular formula is C14H15FO2. The standard InChI is InChI=1S/C14H15FO2/c1-9(2)13(16)7-6-11-8-10-4-3-5-12(15)14(10)17-11/h3-5,8-9H,6-7H2,1-2H3. The second-order valence-electron chi connectivity index (χ2n) is 4.49. The van der Waals surface area contributed by atoms with E-state index in [2.05, 4.69) is 0 Å². The van der Waals surface area contributed by atoms with E-state index in [1.54, 1.807) is 18.2 Å². The molecule has 0 spiro atoms. The largest absolute Gasteiger partial charge is 0.458 e. The van der Waals surface area contributed by atoms with Crippen LogP contribution in [0, 0.1) is 11.7 Å². The molecule has 0 atom stereocenters. The Morgan fingerprint density at radius 1 is 1.41 bits per heavy atom. The lowest BCUT2D eigenvalue weighted by molar-refractivity contribution is -0.121. The SMILES string of the molecule is CC(C)C(=O)CCc1cc2cccc(F)c2o1. The van der Waals surface area contributed by atoms with Crippen molar-refractivity contribution in [2.24, 2.45) is 5.92 Å². The quantitative estimate of drug-likeness (QED) is 0.806. The molecule has 0 fully saturated rings. The molecule has 90 valence electrons. The number of ketones is 1. The van der Waals surface area contributed by atoms with E-state index < -0.39 is 0 Å². The fourth-order valence-corrected chi connectivity index (χ4v) is 1.74. The lowest BCUT2D eigenvalue weighted by atomic mass is 10.0. The minimum Gasteiger partial charge on any atom is -0.458 e. The van der Waals surface area contributed by atoms with Crippen molar-refractivity contribution in [2.75, 3.05) is 0 Å². The van der Waals surface area contributed by atoms with Gasteiger partial charge in [0.05, 0.1) is 0 Å². The van der Waals surface area contributed by atoms with E-state index in [0.29, 0.717) is 18.6 Å². The first kappa shape index (κ1) is 11.8. The summed E-state index contributed by atoms with van der Waals surface area (Å²) >= 11 is 0. The fraction of sp³-hybridized carbons (Fsp3) is 0.357. The Hall–Kier alpha value is -1.64. The highest BCUT2D eigenvalue weighted by Gasteiger charge is 2.11. The van der Waals surface area contributed by atoms with Gasteiger partial charge >= 0.3 is 0 Å². The van der Waals surface area contributed by atoms with Crippen LogP contribution in [0.4, 0.5) is 4.39 Å². The van der Waals surface area contributed by atoms with Crippen LogP contribution in [0.25, 0.3) is 11.0 Å². The zero-order chi connectivity index (χ0) is 12.4. The summed E-state index contributed by atoms with van der Waals surface area (Å²) in [6.07, 6.45) is 0.976. The van der Waals surface area contributed by atoms with Crippen molar-refractivity contribution in [2.45, 2.75) is 26.7 Å². The number of furan rings is 1. The van der Waals surface area contributed by atoms with Gasteiger partial charge in [0.25, 0.3) is 0 Å². The van der Waals surface area contributed by atoms with E-state index in [9.17, 15) is 9.18 Å². The van der Waals surface area contributed by atoms with Crippen molar-refractivity contribution in [1.29, 1.82) is 0 Å². The minimum absolute atomic E-state index is 0.0381. The molecule has 0 amide bonds. The fourth-order valence-electron chi connectivity index (χ4n) is 1.74. The summed E-state index contributed by atoms with van der Waals surface area (Å²) in [5, 5.41) is 0.747. The summed E-state index contributed by atoms with van der Waals surface area (Å²) in [5.74, 6) is 0.546. The average Bonchev–Trinajstić information content (AvgIpc) is 2.70. The Labute approximate surface area is 99.4 Å². The smallest absolute Gasteiger partial charge is 0.169 e. The normalized spacial score (nSPS) is 11.3. The summed E-state index contributed by atoms with van der Waals surface area (Å²) in [7, 11) is 0. The first-order chi connectivity index (χ1) is 8.08. The minimum atomic E-state index is -0.357. The highest BCUT2D eigenvalue weighted by molar-refractivity contribution is 5.81. The highest BCUT2D eigenvalue weighted by atomic mass is 19.1. The van der Waals surface area contributed by atoms with E-state index in [-0.39, 0.29) is 23.1 Å². The van der Waals surface area contributed by atoms with Crippen LogP contribution in [-0.4, -0.2) is 5.78 Å². The number of para-hydroxylation sites is 1. The Morgan fingerprint density at radius 3 is 2.82 bits per heavy atom. The van der Waals surface area contributed by atoms with Crippen LogP contribution in [0.1, 0.15) is 26.0 Å². The van der Waals surface area contributed by atoms with Gasteiger partial charge in [0.2, 0.25) is 0 Å². The van der Waals surface area contributed by atoms with E-state index in [0.717, 1.165) is 5.39 Å². The molecule has 0 aliphatic carbocycles. The molecule has 0 saturated carbocycles. The molecule has 2 aromatic rings. The molecule has 2 rings (SSSR count). The maximum atomic E-state index is 13.4. The molecule has 0 aliphatic heterocycles. The number of halogens is 1. The van der Waals surface area contributed by atoms with Crippen molar-refractivity contribution in [3.05, 3.63) is 35.8 Å². The van der Waals surface area contributed by atoms with Gasteiger partial charge in [0.15, 0.2) is 11.4 Å². The molecule has 0 radical (unpaired) electrons. The predicted molar refractivity (Wildman–Crippen MR) is 64.3 cm³/mol. The molecule has 0 unspecified atom stereocenters. The van der Waals surface area contributed by atoms with Gasteiger partial charge in [-0.2, -0.15) is 0 Å². The van der Waals surface area contributed by atoms with Gasteiger partial charge in [-0.05, 0) is 12.1 Å². The topological polar surface area (TPSA) is 30.2 Å². The van der Waals surface area contributed by atoms with Crippen LogP contribution in [0.15, 0.2) is 28.7 Å². The van der Waals surface area contributed by atoms with Crippen LogP contribution in [-0.2, 0) is 11.2 Å². The molecule has 2 nitrogen and oxygen atoms in total. The number of benzene rings is 1. The second kappa shape index (κ2) is 4.70. The number of hydrogen-bond donors (Lipinski definition) is 0. The Kier molecular flexibility index (Phi) is 3.27. The van der Waals surface area contributed by atoms with Gasteiger partial charge in [0, 0.05) is 24.1 Å². The highest BCUT2D eigenvalue weighted by Crippen LogP contribution is 2.23. The van der Waals surface area contributed by atoms with Crippen LogP contribution in [0.3, 0.4) is 0 Å². The monoisotopic (exact) mass is 234 g/mol. The van der Waals surface area contributed by atoms with Gasteiger partial charge in [0.1, 0.15) is 11.5 Å². The molecule has 0 bridgehead atoms. The number of carbonyl (C=O) groups is 1. The lowest BCUT2D eigenvalue weighted by Gasteiger charge is -2.01. The van der Waals surface area contributed by atoms with E-state index >= 15 is 0 Å². The van der Waals surface area contributed by atoms with Gasteiger partial charge in [-0.15, -0.1) is 0 Å². The first-order valence-electron chi connectivity index (χ1n) is 5.77. The van der Waals surface area contributed by atoms with Crippen molar-refractivity contribution in [3.8, 4) is 0 Å². The number of Topliss-reactive ketones (excluding diaryl/α,β-unsaturated/α-hetero) is 1. The van der Waals surface area contributed by atoms with E-state index in [1.165, 1.54) is 6.07 Å². The van der Waals surface area contributed by atoms with Crippen molar-refractivity contribution in [3.63, 3.8) is 0 Å². The van der Waals surface area contributed by atoms with Crippen LogP contribution in [0.2, 0.25) is 0 Å². The average molecular weight is 234 g/mol. The van der Waals surface area contributed by atoms with E-state index in [4.69, 9.17) is 4.42 Å². The molecule has 0 aliphatic rings. The van der Waals surface area contributed by atoms with Crippen LogP contribution >= 0.6 is 0 Å². The number of hydrogen-bond acceptors (Lipinski definition) is 2. The molecule has 1 aromatic carbocycles. The Morgan fingerprint density at radius 2 is 2.18 bits per heavy atom. The van der Waals surface area contributed by atoms with Crippen molar-refractivity contribution < 1.29 is 13.6 Å². The third kappa shape index (κ3) is 2.54. The third-order valence-corrected chi connectivity index (χ3v) is 2.81. The molecule has 1 heterocycles. The maximum Gasteiger partial charge on any atom is 0.169 e. The van der Waals surface area contributed by atoms with Crippen molar-refractivity contribution in [1.82, 2.24) is 0 Å². The summed E-state index contributed by atoms with van der Waals surface area (Å²) in [6.45, 7) is 3.75.